The molecule has 3 aromatic rings. The van der Waals surface area contributed by atoms with Crippen molar-refractivity contribution >= 4 is 28.4 Å². The third kappa shape index (κ3) is 3.05. The molecule has 4 rings (SSSR count). The van der Waals surface area contributed by atoms with Crippen molar-refractivity contribution in [1.29, 1.82) is 5.41 Å². The maximum absolute atomic E-state index is 10.6. The van der Waals surface area contributed by atoms with Crippen molar-refractivity contribution in [2.45, 2.75) is 20.8 Å². The van der Waals surface area contributed by atoms with Crippen molar-refractivity contribution < 1.29 is 10.2 Å². The minimum absolute atomic E-state index is 0.140. The minimum atomic E-state index is 0.140. The molecule has 1 aliphatic heterocycles. The molecule has 2 aromatic carbocycles. The lowest BCUT2D eigenvalue weighted by Gasteiger charge is -2.20. The average Bonchev–Trinajstić information content (AvgIpc) is 3.15. The molecule has 28 heavy (non-hydrogen) atoms. The molecule has 0 atom stereocenters. The molecule has 3 N–H and O–H groups in total. The van der Waals surface area contributed by atoms with Gasteiger partial charge in [0.05, 0.1) is 17.8 Å². The largest absolute Gasteiger partial charge is 0.510 e. The lowest BCUT2D eigenvalue weighted by atomic mass is 10.1. The van der Waals surface area contributed by atoms with Crippen molar-refractivity contribution in [3.8, 4) is 17.0 Å². The summed E-state index contributed by atoms with van der Waals surface area (Å²) in [7, 11) is 0. The van der Waals surface area contributed by atoms with E-state index >= 15 is 0 Å². The van der Waals surface area contributed by atoms with E-state index in [1.54, 1.807) is 23.1 Å². The van der Waals surface area contributed by atoms with Gasteiger partial charge in [-0.25, -0.2) is 4.98 Å². The summed E-state index contributed by atoms with van der Waals surface area (Å²) in [6.07, 6.45) is 0. The maximum atomic E-state index is 10.6. The number of aromatic hydroxyl groups is 1. The quantitative estimate of drug-likeness (QED) is 0.573. The van der Waals surface area contributed by atoms with Crippen molar-refractivity contribution in [1.82, 2.24) is 4.98 Å². The first-order valence-electron chi connectivity index (χ1n) is 8.98. The van der Waals surface area contributed by atoms with Crippen LogP contribution in [0.2, 0.25) is 0 Å². The highest BCUT2D eigenvalue weighted by Gasteiger charge is 2.32. The van der Waals surface area contributed by atoms with Gasteiger partial charge in [-0.3, -0.25) is 5.41 Å². The fraction of sp³-hybridized carbons (Fsp3) is 0.182. The van der Waals surface area contributed by atoms with Crippen molar-refractivity contribution in [2.24, 2.45) is 0 Å². The molecule has 0 saturated heterocycles. The Morgan fingerprint density at radius 3 is 2.43 bits per heavy atom. The molecule has 0 radical (unpaired) electrons. The monoisotopic (exact) mass is 391 g/mol. The van der Waals surface area contributed by atoms with Crippen LogP contribution in [0.3, 0.4) is 0 Å². The third-order valence-corrected chi connectivity index (χ3v) is 5.90. The normalized spacial score (nSPS) is 14.2. The van der Waals surface area contributed by atoms with Crippen LogP contribution in [0.4, 0.5) is 5.69 Å². The van der Waals surface area contributed by atoms with Gasteiger partial charge in [-0.05, 0) is 44.5 Å². The first-order chi connectivity index (χ1) is 13.3. The first kappa shape index (κ1) is 18.3. The summed E-state index contributed by atoms with van der Waals surface area (Å²) >= 11 is 1.49. The highest BCUT2D eigenvalue weighted by atomic mass is 32.1. The molecule has 0 saturated carbocycles. The predicted molar refractivity (Wildman–Crippen MR) is 114 cm³/mol. The topological polar surface area (TPSA) is 80.4 Å². The molecule has 0 fully saturated rings. The van der Waals surface area contributed by atoms with Gasteiger partial charge in [0.2, 0.25) is 0 Å². The van der Waals surface area contributed by atoms with E-state index in [4.69, 9.17) is 10.4 Å². The van der Waals surface area contributed by atoms with Crippen LogP contribution in [0.5, 0.6) is 5.75 Å². The first-order valence-corrected chi connectivity index (χ1v) is 9.80. The zero-order chi connectivity index (χ0) is 20.0. The van der Waals surface area contributed by atoms with Gasteiger partial charge in [-0.1, -0.05) is 29.8 Å². The zero-order valence-corrected chi connectivity index (χ0v) is 16.8. The Labute approximate surface area is 167 Å². The van der Waals surface area contributed by atoms with Crippen LogP contribution in [0.1, 0.15) is 21.0 Å². The molecule has 5 nitrogen and oxygen atoms in total. The molecule has 1 aliphatic rings. The molecule has 6 heteroatoms. The van der Waals surface area contributed by atoms with Crippen LogP contribution in [0, 0.1) is 26.2 Å². The van der Waals surface area contributed by atoms with E-state index in [1.807, 2.05) is 32.9 Å². The minimum Gasteiger partial charge on any atom is -0.510 e. The number of aliphatic hydroxyl groups excluding tert-OH is 1. The van der Waals surface area contributed by atoms with Crippen molar-refractivity contribution in [3.63, 3.8) is 0 Å². The molecule has 1 aromatic heterocycles. The standard InChI is InChI=1S/C22H21N3O2S/c1-12-4-6-15(7-5-12)20-14(3)28-22(24-20)19-18(27)11-25(21(19)23)17-9-8-16(26)10-13(17)2/h4-10,23,26-27H,11H2,1-3H3. The average molecular weight is 391 g/mol. The predicted octanol–water partition coefficient (Wildman–Crippen LogP) is 5.21. The fourth-order valence-corrected chi connectivity index (χ4v) is 4.44. The van der Waals surface area contributed by atoms with Gasteiger partial charge in [0.1, 0.15) is 22.4 Å². The number of phenolic OH excluding ortho intramolecular Hbond substituents is 1. The van der Waals surface area contributed by atoms with Crippen molar-refractivity contribution in [3.05, 3.63) is 69.2 Å². The molecule has 142 valence electrons. The van der Waals surface area contributed by atoms with E-state index in [-0.39, 0.29) is 23.9 Å². The second kappa shape index (κ2) is 6.80. The molecule has 0 aliphatic carbocycles. The van der Waals surface area contributed by atoms with Crippen LogP contribution in [0.15, 0.2) is 48.2 Å². The van der Waals surface area contributed by atoms with Gasteiger partial charge in [0, 0.05) is 16.1 Å². The van der Waals surface area contributed by atoms with E-state index in [9.17, 15) is 10.2 Å². The number of nitrogens with one attached hydrogen (secondary N) is 1. The maximum Gasteiger partial charge on any atom is 0.139 e. The van der Waals surface area contributed by atoms with Gasteiger partial charge < -0.3 is 15.1 Å². The number of aromatic nitrogens is 1. The summed E-state index contributed by atoms with van der Waals surface area (Å²) in [5, 5.41) is 29.5. The number of benzene rings is 2. The van der Waals surface area contributed by atoms with Gasteiger partial charge in [-0.15, -0.1) is 11.3 Å². The number of amidine groups is 1. The summed E-state index contributed by atoms with van der Waals surface area (Å²) in [5.74, 6) is 0.542. The Balaban J connectivity index is 1.70. The lowest BCUT2D eigenvalue weighted by molar-refractivity contribution is 0.411. The summed E-state index contributed by atoms with van der Waals surface area (Å²) in [6.45, 7) is 6.15. The molecule has 2 heterocycles. The fourth-order valence-electron chi connectivity index (χ4n) is 3.43. The Kier molecular flexibility index (Phi) is 4.43. The summed E-state index contributed by atoms with van der Waals surface area (Å²) in [6, 6.07) is 13.2. The van der Waals surface area contributed by atoms with Crippen LogP contribution in [-0.2, 0) is 0 Å². The van der Waals surface area contributed by atoms with Gasteiger partial charge >= 0.3 is 0 Å². The Hall–Kier alpha value is -3.12. The highest BCUT2D eigenvalue weighted by Crippen LogP contribution is 2.37. The Morgan fingerprint density at radius 2 is 1.75 bits per heavy atom. The summed E-state index contributed by atoms with van der Waals surface area (Å²) in [5.41, 5.74) is 5.20. The van der Waals surface area contributed by atoms with Crippen molar-refractivity contribution in [2.75, 3.05) is 11.4 Å². The number of rotatable bonds is 3. The number of anilines is 1. The number of hydrogen-bond donors (Lipinski definition) is 3. The highest BCUT2D eigenvalue weighted by molar-refractivity contribution is 7.13. The van der Waals surface area contributed by atoms with E-state index in [0.29, 0.717) is 10.6 Å². The summed E-state index contributed by atoms with van der Waals surface area (Å²) < 4.78 is 0. The lowest BCUT2D eigenvalue weighted by Crippen LogP contribution is -2.26. The summed E-state index contributed by atoms with van der Waals surface area (Å²) in [4.78, 5) is 7.54. The van der Waals surface area contributed by atoms with Crippen LogP contribution in [0.25, 0.3) is 16.8 Å². The molecule has 0 bridgehead atoms. The van der Waals surface area contributed by atoms with E-state index in [1.165, 1.54) is 16.9 Å². The number of nitrogens with zero attached hydrogens (tertiary/aromatic N) is 2. The second-order valence-corrected chi connectivity index (χ2v) is 8.22. The molecule has 0 unspecified atom stereocenters. The number of phenols is 1. The molecular weight excluding hydrogens is 370 g/mol. The number of aryl methyl sites for hydroxylation is 3. The third-order valence-electron chi connectivity index (χ3n) is 4.91. The number of thiazole rings is 1. The number of hydrogen-bond acceptors (Lipinski definition) is 5. The molecule has 0 amide bonds. The number of aliphatic hydroxyl groups is 1. The van der Waals surface area contributed by atoms with Crippen LogP contribution in [-0.4, -0.2) is 27.6 Å². The molecule has 0 spiro atoms. The van der Waals surface area contributed by atoms with E-state index in [0.717, 1.165) is 27.4 Å². The van der Waals surface area contributed by atoms with Crippen LogP contribution < -0.4 is 4.90 Å². The van der Waals surface area contributed by atoms with Gasteiger partial charge in [-0.2, -0.15) is 0 Å². The smallest absolute Gasteiger partial charge is 0.139 e. The van der Waals surface area contributed by atoms with E-state index in [2.05, 4.69) is 12.1 Å². The van der Waals surface area contributed by atoms with Gasteiger partial charge in [0.15, 0.2) is 0 Å². The van der Waals surface area contributed by atoms with Crippen LogP contribution >= 0.6 is 11.3 Å². The zero-order valence-electron chi connectivity index (χ0n) is 15.9. The Bertz CT molecular complexity index is 1110. The SMILES string of the molecule is Cc1ccc(-c2nc(C3=C(O)CN(c4ccc(O)cc4C)C3=N)sc2C)cc1. The Morgan fingerprint density at radius 1 is 1.04 bits per heavy atom. The molecular formula is C22H21N3O2S. The second-order valence-electron chi connectivity index (χ2n) is 7.02. The van der Waals surface area contributed by atoms with Gasteiger partial charge in [0.25, 0.3) is 0 Å². The van der Waals surface area contributed by atoms with E-state index < -0.39 is 0 Å².